The van der Waals surface area contributed by atoms with Crippen LogP contribution in [0.5, 0.6) is 0 Å². The topological polar surface area (TPSA) is 12.0 Å². The molecule has 0 radical (unpaired) electrons. The summed E-state index contributed by atoms with van der Waals surface area (Å²) in [7, 11) is 2.15. The van der Waals surface area contributed by atoms with Gasteiger partial charge in [0.15, 0.2) is 0 Å². The third-order valence-corrected chi connectivity index (χ3v) is 3.94. The molecule has 1 rings (SSSR count). The first-order chi connectivity index (χ1) is 7.38. The lowest BCUT2D eigenvalue weighted by molar-refractivity contribution is 0.303. The summed E-state index contributed by atoms with van der Waals surface area (Å²) in [5, 5.41) is 3.54. The Morgan fingerprint density at radius 1 is 1.00 bits per heavy atom. The zero-order chi connectivity index (χ0) is 10.9. The monoisotopic (exact) mass is 211 g/mol. The van der Waals surface area contributed by atoms with Gasteiger partial charge in [-0.05, 0) is 32.2 Å². The first-order valence-electron chi connectivity index (χ1n) is 7.05. The van der Waals surface area contributed by atoms with E-state index in [2.05, 4.69) is 19.3 Å². The van der Waals surface area contributed by atoms with Gasteiger partial charge in [0.2, 0.25) is 0 Å². The van der Waals surface area contributed by atoms with Crippen LogP contribution in [-0.2, 0) is 0 Å². The number of rotatable bonds is 4. The van der Waals surface area contributed by atoms with E-state index in [1.807, 2.05) is 0 Å². The Morgan fingerprint density at radius 3 is 2.00 bits per heavy atom. The molecule has 15 heavy (non-hydrogen) atoms. The Hall–Kier alpha value is -0.0400. The van der Waals surface area contributed by atoms with Gasteiger partial charge in [-0.2, -0.15) is 0 Å². The summed E-state index contributed by atoms with van der Waals surface area (Å²) < 4.78 is 0. The van der Waals surface area contributed by atoms with E-state index in [0.717, 1.165) is 12.0 Å². The van der Waals surface area contributed by atoms with Gasteiger partial charge in [0.1, 0.15) is 0 Å². The fraction of sp³-hybridized carbons (Fsp3) is 1.00. The summed E-state index contributed by atoms with van der Waals surface area (Å²) in [4.78, 5) is 0. The van der Waals surface area contributed by atoms with Crippen molar-refractivity contribution in [3.8, 4) is 0 Å². The zero-order valence-corrected chi connectivity index (χ0v) is 10.7. The Bertz CT molecular complexity index is 134. The fourth-order valence-electron chi connectivity index (χ4n) is 2.99. The van der Waals surface area contributed by atoms with E-state index >= 15 is 0 Å². The molecule has 0 aromatic heterocycles. The highest BCUT2D eigenvalue weighted by Gasteiger charge is 2.19. The van der Waals surface area contributed by atoms with E-state index in [4.69, 9.17) is 0 Å². The van der Waals surface area contributed by atoms with Crippen LogP contribution >= 0.6 is 0 Å². The van der Waals surface area contributed by atoms with Crippen LogP contribution in [0, 0.1) is 5.92 Å². The summed E-state index contributed by atoms with van der Waals surface area (Å²) in [6.45, 7) is 2.31. The molecule has 1 nitrogen and oxygen atoms in total. The molecule has 1 fully saturated rings. The molecule has 0 aliphatic heterocycles. The maximum atomic E-state index is 3.54. The minimum Gasteiger partial charge on any atom is -0.317 e. The van der Waals surface area contributed by atoms with Gasteiger partial charge in [-0.3, -0.25) is 0 Å². The Kier molecular flexibility index (Phi) is 7.08. The second-order valence-electron chi connectivity index (χ2n) is 5.14. The summed E-state index contributed by atoms with van der Waals surface area (Å²) in [5.41, 5.74) is 0. The highest BCUT2D eigenvalue weighted by atomic mass is 14.9. The van der Waals surface area contributed by atoms with Crippen LogP contribution < -0.4 is 5.32 Å². The first kappa shape index (κ1) is 13.0. The van der Waals surface area contributed by atoms with Crippen molar-refractivity contribution >= 4 is 0 Å². The molecule has 0 spiro atoms. The molecule has 1 aliphatic rings. The molecule has 1 unspecified atom stereocenters. The van der Waals surface area contributed by atoms with Crippen LogP contribution in [0.2, 0.25) is 0 Å². The largest absolute Gasteiger partial charge is 0.317 e. The average Bonchev–Trinajstić information content (AvgIpc) is 2.39. The lowest BCUT2D eigenvalue weighted by Crippen LogP contribution is -2.33. The standard InChI is InChI=1S/C14H29N/c1-3-10-14(15-2)13-11-8-6-4-5-7-9-12-13/h13-15H,3-12H2,1-2H3. The molecule has 1 N–H and O–H groups in total. The molecule has 1 atom stereocenters. The Morgan fingerprint density at radius 2 is 1.53 bits per heavy atom. The molecule has 0 aromatic rings. The van der Waals surface area contributed by atoms with Crippen molar-refractivity contribution in [1.29, 1.82) is 0 Å². The van der Waals surface area contributed by atoms with Gasteiger partial charge in [0, 0.05) is 6.04 Å². The van der Waals surface area contributed by atoms with E-state index in [0.29, 0.717) is 0 Å². The van der Waals surface area contributed by atoms with Gasteiger partial charge in [-0.1, -0.05) is 51.9 Å². The van der Waals surface area contributed by atoms with Crippen LogP contribution in [0.15, 0.2) is 0 Å². The summed E-state index contributed by atoms with van der Waals surface area (Å²) in [6.07, 6.45) is 14.4. The number of hydrogen-bond acceptors (Lipinski definition) is 1. The highest BCUT2D eigenvalue weighted by Crippen LogP contribution is 2.26. The first-order valence-corrected chi connectivity index (χ1v) is 7.05. The van der Waals surface area contributed by atoms with E-state index in [9.17, 15) is 0 Å². The Labute approximate surface area is 96.0 Å². The van der Waals surface area contributed by atoms with E-state index in [1.165, 1.54) is 64.2 Å². The lowest BCUT2D eigenvalue weighted by Gasteiger charge is -2.26. The summed E-state index contributed by atoms with van der Waals surface area (Å²) >= 11 is 0. The van der Waals surface area contributed by atoms with Crippen molar-refractivity contribution in [3.63, 3.8) is 0 Å². The van der Waals surface area contributed by atoms with Crippen molar-refractivity contribution in [2.45, 2.75) is 77.2 Å². The quantitative estimate of drug-likeness (QED) is 0.737. The van der Waals surface area contributed by atoms with E-state index in [-0.39, 0.29) is 0 Å². The van der Waals surface area contributed by atoms with E-state index in [1.54, 1.807) is 0 Å². The molecular weight excluding hydrogens is 182 g/mol. The van der Waals surface area contributed by atoms with Gasteiger partial charge in [-0.25, -0.2) is 0 Å². The van der Waals surface area contributed by atoms with Crippen LogP contribution in [0.4, 0.5) is 0 Å². The summed E-state index contributed by atoms with van der Waals surface area (Å²) in [6, 6.07) is 0.785. The number of nitrogens with one attached hydrogen (secondary N) is 1. The second kappa shape index (κ2) is 8.15. The van der Waals surface area contributed by atoms with Gasteiger partial charge >= 0.3 is 0 Å². The predicted molar refractivity (Wildman–Crippen MR) is 68.2 cm³/mol. The van der Waals surface area contributed by atoms with Crippen molar-refractivity contribution in [3.05, 3.63) is 0 Å². The molecule has 0 aromatic carbocycles. The molecule has 1 aliphatic carbocycles. The molecule has 1 saturated carbocycles. The van der Waals surface area contributed by atoms with E-state index < -0.39 is 0 Å². The lowest BCUT2D eigenvalue weighted by atomic mass is 9.87. The minimum absolute atomic E-state index is 0.785. The molecule has 90 valence electrons. The maximum Gasteiger partial charge on any atom is 0.00922 e. The molecule has 1 heteroatoms. The van der Waals surface area contributed by atoms with Crippen LogP contribution in [-0.4, -0.2) is 13.1 Å². The SMILES string of the molecule is CCCC(NC)C1CCCCCCCC1. The molecule has 0 saturated heterocycles. The molecule has 0 bridgehead atoms. The second-order valence-corrected chi connectivity index (χ2v) is 5.14. The normalized spacial score (nSPS) is 22.8. The minimum atomic E-state index is 0.785. The molecule has 0 heterocycles. The van der Waals surface area contributed by atoms with Crippen molar-refractivity contribution in [1.82, 2.24) is 5.32 Å². The van der Waals surface area contributed by atoms with Gasteiger partial charge in [0.05, 0.1) is 0 Å². The Balaban J connectivity index is 2.39. The van der Waals surface area contributed by atoms with Crippen LogP contribution in [0.3, 0.4) is 0 Å². The third kappa shape index (κ3) is 5.01. The number of hydrogen-bond donors (Lipinski definition) is 1. The molecule has 0 amide bonds. The average molecular weight is 211 g/mol. The van der Waals surface area contributed by atoms with Crippen LogP contribution in [0.1, 0.15) is 71.1 Å². The smallest absolute Gasteiger partial charge is 0.00922 e. The van der Waals surface area contributed by atoms with Crippen LogP contribution in [0.25, 0.3) is 0 Å². The third-order valence-electron chi connectivity index (χ3n) is 3.94. The maximum absolute atomic E-state index is 3.54. The van der Waals surface area contributed by atoms with Gasteiger partial charge in [-0.15, -0.1) is 0 Å². The highest BCUT2D eigenvalue weighted by molar-refractivity contribution is 4.76. The van der Waals surface area contributed by atoms with Gasteiger partial charge < -0.3 is 5.32 Å². The molecular formula is C14H29N. The fourth-order valence-corrected chi connectivity index (χ4v) is 2.99. The predicted octanol–water partition coefficient (Wildman–Crippen LogP) is 4.13. The zero-order valence-electron chi connectivity index (χ0n) is 10.7. The van der Waals surface area contributed by atoms with Crippen molar-refractivity contribution < 1.29 is 0 Å². The van der Waals surface area contributed by atoms with Crippen molar-refractivity contribution in [2.24, 2.45) is 5.92 Å². The van der Waals surface area contributed by atoms with Gasteiger partial charge in [0.25, 0.3) is 0 Å². The summed E-state index contributed by atoms with van der Waals surface area (Å²) in [5.74, 6) is 0.952. The van der Waals surface area contributed by atoms with Crippen molar-refractivity contribution in [2.75, 3.05) is 7.05 Å².